The number of likely N-dealkylation sites (tertiary alicyclic amines) is 1. The highest BCUT2D eigenvalue weighted by Gasteiger charge is 2.22. The van der Waals surface area contributed by atoms with Crippen molar-refractivity contribution in [2.45, 2.75) is 18.8 Å². The SMILES string of the molecule is CN1CCCC(c2nc3cc(Br)ccn3n2)C1. The Morgan fingerprint density at radius 2 is 2.35 bits per heavy atom. The molecule has 2 aromatic heterocycles. The first-order chi connectivity index (χ1) is 8.22. The van der Waals surface area contributed by atoms with Crippen LogP contribution >= 0.6 is 15.9 Å². The number of hydrogen-bond donors (Lipinski definition) is 0. The van der Waals surface area contributed by atoms with Crippen molar-refractivity contribution in [1.82, 2.24) is 19.5 Å². The van der Waals surface area contributed by atoms with Crippen LogP contribution in [-0.2, 0) is 0 Å². The van der Waals surface area contributed by atoms with E-state index in [0.717, 1.165) is 22.5 Å². The van der Waals surface area contributed by atoms with Crippen molar-refractivity contribution >= 4 is 21.6 Å². The molecule has 3 heterocycles. The number of fused-ring (bicyclic) bond motifs is 1. The quantitative estimate of drug-likeness (QED) is 0.809. The van der Waals surface area contributed by atoms with Gasteiger partial charge in [-0.15, -0.1) is 0 Å². The number of pyridine rings is 1. The van der Waals surface area contributed by atoms with E-state index in [1.165, 1.54) is 19.4 Å². The second kappa shape index (κ2) is 4.38. The largest absolute Gasteiger partial charge is 0.306 e. The molecule has 0 spiro atoms. The van der Waals surface area contributed by atoms with Gasteiger partial charge in [0.1, 0.15) is 0 Å². The Morgan fingerprint density at radius 1 is 1.47 bits per heavy atom. The van der Waals surface area contributed by atoms with Gasteiger partial charge in [-0.1, -0.05) is 15.9 Å². The lowest BCUT2D eigenvalue weighted by molar-refractivity contribution is 0.246. The first-order valence-electron chi connectivity index (χ1n) is 5.93. The van der Waals surface area contributed by atoms with E-state index in [9.17, 15) is 0 Å². The summed E-state index contributed by atoms with van der Waals surface area (Å²) in [6.07, 6.45) is 4.38. The van der Waals surface area contributed by atoms with Crippen molar-refractivity contribution in [2.75, 3.05) is 20.1 Å². The van der Waals surface area contributed by atoms with E-state index in [1.807, 2.05) is 22.8 Å². The first-order valence-corrected chi connectivity index (χ1v) is 6.72. The van der Waals surface area contributed by atoms with Crippen molar-refractivity contribution in [3.05, 3.63) is 28.6 Å². The molecule has 5 heteroatoms. The lowest BCUT2D eigenvalue weighted by atomic mass is 9.98. The Morgan fingerprint density at radius 3 is 3.18 bits per heavy atom. The van der Waals surface area contributed by atoms with Gasteiger partial charge in [-0.3, -0.25) is 0 Å². The molecule has 1 aliphatic heterocycles. The van der Waals surface area contributed by atoms with Crippen molar-refractivity contribution < 1.29 is 0 Å². The van der Waals surface area contributed by atoms with Gasteiger partial charge in [-0.2, -0.15) is 5.10 Å². The maximum atomic E-state index is 4.63. The molecule has 0 amide bonds. The lowest BCUT2D eigenvalue weighted by Gasteiger charge is -2.27. The molecule has 17 heavy (non-hydrogen) atoms. The molecule has 0 radical (unpaired) electrons. The van der Waals surface area contributed by atoms with E-state index >= 15 is 0 Å². The smallest absolute Gasteiger partial charge is 0.156 e. The van der Waals surface area contributed by atoms with Crippen molar-refractivity contribution in [3.8, 4) is 0 Å². The van der Waals surface area contributed by atoms with E-state index in [1.54, 1.807) is 0 Å². The zero-order valence-electron chi connectivity index (χ0n) is 9.80. The minimum absolute atomic E-state index is 0.479. The third kappa shape index (κ3) is 2.21. The molecule has 1 fully saturated rings. The van der Waals surface area contributed by atoms with Crippen LogP contribution in [0.2, 0.25) is 0 Å². The van der Waals surface area contributed by atoms with Crippen LogP contribution in [-0.4, -0.2) is 39.6 Å². The summed E-state index contributed by atoms with van der Waals surface area (Å²) in [5, 5.41) is 4.57. The highest BCUT2D eigenvalue weighted by Crippen LogP contribution is 2.24. The van der Waals surface area contributed by atoms with Crippen molar-refractivity contribution in [1.29, 1.82) is 0 Å². The molecule has 4 nitrogen and oxygen atoms in total. The number of piperidine rings is 1. The summed E-state index contributed by atoms with van der Waals surface area (Å²) in [6, 6.07) is 3.99. The maximum Gasteiger partial charge on any atom is 0.156 e. The predicted molar refractivity (Wildman–Crippen MR) is 70.2 cm³/mol. The normalized spacial score (nSPS) is 22.1. The van der Waals surface area contributed by atoms with Crippen LogP contribution in [0, 0.1) is 0 Å². The zero-order chi connectivity index (χ0) is 11.8. The minimum Gasteiger partial charge on any atom is -0.306 e. The predicted octanol–water partition coefficient (Wildman–Crippen LogP) is 2.30. The average molecular weight is 295 g/mol. The fourth-order valence-electron chi connectivity index (χ4n) is 2.42. The Kier molecular flexibility index (Phi) is 2.88. The van der Waals surface area contributed by atoms with Gasteiger partial charge in [0.25, 0.3) is 0 Å². The summed E-state index contributed by atoms with van der Waals surface area (Å²) in [6.45, 7) is 2.26. The van der Waals surface area contributed by atoms with E-state index in [4.69, 9.17) is 0 Å². The van der Waals surface area contributed by atoms with Gasteiger partial charge < -0.3 is 4.90 Å². The minimum atomic E-state index is 0.479. The van der Waals surface area contributed by atoms with Crippen LogP contribution < -0.4 is 0 Å². The number of nitrogens with zero attached hydrogens (tertiary/aromatic N) is 4. The number of rotatable bonds is 1. The van der Waals surface area contributed by atoms with Crippen LogP contribution in [0.5, 0.6) is 0 Å². The topological polar surface area (TPSA) is 33.4 Å². The number of likely N-dealkylation sites (N-methyl/N-ethyl adjacent to an activating group) is 1. The van der Waals surface area contributed by atoms with Gasteiger partial charge in [0.05, 0.1) is 0 Å². The highest BCUT2D eigenvalue weighted by molar-refractivity contribution is 9.10. The summed E-state index contributed by atoms with van der Waals surface area (Å²) >= 11 is 3.46. The fraction of sp³-hybridized carbons (Fsp3) is 0.500. The van der Waals surface area contributed by atoms with Gasteiger partial charge in [0, 0.05) is 23.1 Å². The lowest BCUT2D eigenvalue weighted by Crippen LogP contribution is -2.31. The number of hydrogen-bond acceptors (Lipinski definition) is 3. The first kappa shape index (κ1) is 11.2. The molecule has 0 aromatic carbocycles. The summed E-state index contributed by atoms with van der Waals surface area (Å²) in [5.41, 5.74) is 0.919. The van der Waals surface area contributed by atoms with Crippen LogP contribution in [0.4, 0.5) is 0 Å². The Hall–Kier alpha value is -0.940. The molecule has 0 bridgehead atoms. The van der Waals surface area contributed by atoms with E-state index in [0.29, 0.717) is 5.92 Å². The molecule has 3 rings (SSSR count). The van der Waals surface area contributed by atoms with E-state index in [2.05, 4.69) is 38.0 Å². The van der Waals surface area contributed by atoms with E-state index < -0.39 is 0 Å². The van der Waals surface area contributed by atoms with Gasteiger partial charge in [-0.05, 0) is 38.6 Å². The Bertz CT molecular complexity index is 536. The highest BCUT2D eigenvalue weighted by atomic mass is 79.9. The molecule has 0 N–H and O–H groups in total. The molecule has 1 atom stereocenters. The molecule has 1 unspecified atom stereocenters. The third-order valence-corrected chi connectivity index (χ3v) is 3.80. The van der Waals surface area contributed by atoms with Crippen LogP contribution in [0.3, 0.4) is 0 Å². The van der Waals surface area contributed by atoms with Crippen LogP contribution in [0.25, 0.3) is 5.65 Å². The molecule has 1 aliphatic rings. The van der Waals surface area contributed by atoms with Gasteiger partial charge >= 0.3 is 0 Å². The molecular formula is C12H15BrN4. The van der Waals surface area contributed by atoms with Gasteiger partial charge in [-0.25, -0.2) is 9.50 Å². The molecular weight excluding hydrogens is 280 g/mol. The molecule has 0 saturated carbocycles. The summed E-state index contributed by atoms with van der Waals surface area (Å²) in [4.78, 5) is 6.98. The van der Waals surface area contributed by atoms with Crippen molar-refractivity contribution in [3.63, 3.8) is 0 Å². The molecule has 1 saturated heterocycles. The van der Waals surface area contributed by atoms with Crippen LogP contribution in [0.1, 0.15) is 24.6 Å². The van der Waals surface area contributed by atoms with Gasteiger partial charge in [0.15, 0.2) is 11.5 Å². The third-order valence-electron chi connectivity index (χ3n) is 3.31. The standard InChI is InChI=1S/C12H15BrN4/c1-16-5-2-3-9(8-16)12-14-11-7-10(13)4-6-17(11)15-12/h4,6-7,9H,2-3,5,8H2,1H3. The zero-order valence-corrected chi connectivity index (χ0v) is 11.4. The van der Waals surface area contributed by atoms with E-state index in [-0.39, 0.29) is 0 Å². The van der Waals surface area contributed by atoms with Crippen LogP contribution in [0.15, 0.2) is 22.8 Å². The Labute approximate surface area is 109 Å². The molecule has 90 valence electrons. The molecule has 2 aromatic rings. The van der Waals surface area contributed by atoms with Gasteiger partial charge in [0.2, 0.25) is 0 Å². The molecule has 0 aliphatic carbocycles. The Balaban J connectivity index is 1.94. The number of halogens is 1. The summed E-state index contributed by atoms with van der Waals surface area (Å²) < 4.78 is 2.90. The second-order valence-corrected chi connectivity index (χ2v) is 5.63. The number of aromatic nitrogens is 3. The fourth-order valence-corrected chi connectivity index (χ4v) is 2.75. The average Bonchev–Trinajstić information content (AvgIpc) is 2.72. The van der Waals surface area contributed by atoms with Crippen molar-refractivity contribution in [2.24, 2.45) is 0 Å². The summed E-state index contributed by atoms with van der Waals surface area (Å²) in [5.74, 6) is 1.46. The maximum absolute atomic E-state index is 4.63. The monoisotopic (exact) mass is 294 g/mol. The summed E-state index contributed by atoms with van der Waals surface area (Å²) in [7, 11) is 2.17. The second-order valence-electron chi connectivity index (χ2n) is 4.72.